The third-order valence-electron chi connectivity index (χ3n) is 4.38. The topological polar surface area (TPSA) is 182 Å². The smallest absolute Gasteiger partial charge is 0.328 e. The lowest BCUT2D eigenvalue weighted by Crippen LogP contribution is -2.11. The third-order valence-corrected chi connectivity index (χ3v) is 4.38. The Hall–Kier alpha value is -4.42. The summed E-state index contributed by atoms with van der Waals surface area (Å²) in [5.41, 5.74) is 11.1. The number of hydrogen-bond acceptors (Lipinski definition) is 10. The van der Waals surface area contributed by atoms with Crippen LogP contribution in [0.25, 0.3) is 12.2 Å². The molecule has 6 N–H and O–H groups in total. The van der Waals surface area contributed by atoms with E-state index in [0.29, 0.717) is 58.7 Å². The molecule has 2 rings (SSSR count). The lowest BCUT2D eigenvalue weighted by molar-refractivity contribution is -0.132. The van der Waals surface area contributed by atoms with E-state index in [2.05, 4.69) is 0 Å². The van der Waals surface area contributed by atoms with Crippen molar-refractivity contribution in [1.29, 1.82) is 0 Å². The van der Waals surface area contributed by atoms with Gasteiger partial charge in [-0.1, -0.05) is 0 Å². The summed E-state index contributed by atoms with van der Waals surface area (Å²) >= 11 is 0. The lowest BCUT2D eigenvalue weighted by atomic mass is 10.1. The van der Waals surface area contributed by atoms with Crippen molar-refractivity contribution >= 4 is 24.1 Å². The van der Waals surface area contributed by atoms with E-state index < -0.39 is 11.9 Å². The zero-order valence-corrected chi connectivity index (χ0v) is 22.3. The summed E-state index contributed by atoms with van der Waals surface area (Å²) in [6.07, 6.45) is 4.99. The van der Waals surface area contributed by atoms with Crippen molar-refractivity contribution < 1.29 is 48.2 Å². The first-order valence-corrected chi connectivity index (χ1v) is 11.0. The molecule has 0 bridgehead atoms. The van der Waals surface area contributed by atoms with E-state index in [0.717, 1.165) is 12.2 Å². The van der Waals surface area contributed by atoms with Gasteiger partial charge in [-0.15, -0.1) is 0 Å². The van der Waals surface area contributed by atoms with Gasteiger partial charge in [0.15, 0.2) is 23.0 Å². The van der Waals surface area contributed by atoms with E-state index in [-0.39, 0.29) is 0 Å². The Morgan fingerprint density at radius 2 is 0.868 bits per heavy atom. The van der Waals surface area contributed by atoms with Gasteiger partial charge in [0.2, 0.25) is 11.5 Å². The average molecular weight is 537 g/mol. The monoisotopic (exact) mass is 536 g/mol. The van der Waals surface area contributed by atoms with Crippen LogP contribution in [0.15, 0.2) is 36.4 Å². The molecule has 0 aliphatic heterocycles. The summed E-state index contributed by atoms with van der Waals surface area (Å²) in [6, 6.07) is 6.67. The van der Waals surface area contributed by atoms with Gasteiger partial charge in [0.05, 0.1) is 42.7 Å². The molecule has 210 valence electrons. The predicted molar refractivity (Wildman–Crippen MR) is 144 cm³/mol. The molecule has 0 heterocycles. The molecule has 0 spiro atoms. The molecule has 0 saturated heterocycles. The Balaban J connectivity index is 0.000000632. The highest BCUT2D eigenvalue weighted by atomic mass is 16.5. The predicted octanol–water partition coefficient (Wildman–Crippen LogP) is 2.52. The molecule has 12 heteroatoms. The van der Waals surface area contributed by atoms with Crippen LogP contribution in [0.4, 0.5) is 0 Å². The van der Waals surface area contributed by atoms with Crippen LogP contribution in [0.2, 0.25) is 0 Å². The minimum Gasteiger partial charge on any atom is -0.493 e. The van der Waals surface area contributed by atoms with Crippen LogP contribution in [0.3, 0.4) is 0 Å². The molecule has 0 unspecified atom stereocenters. The van der Waals surface area contributed by atoms with Gasteiger partial charge < -0.3 is 50.1 Å². The van der Waals surface area contributed by atoms with Crippen LogP contribution >= 0.6 is 0 Å². The highest BCUT2D eigenvalue weighted by molar-refractivity contribution is 5.86. The Bertz CT molecular complexity index is 948. The van der Waals surface area contributed by atoms with Crippen molar-refractivity contribution in [3.63, 3.8) is 0 Å². The highest BCUT2D eigenvalue weighted by Gasteiger charge is 2.13. The molecule has 0 aliphatic rings. The van der Waals surface area contributed by atoms with Gasteiger partial charge in [-0.25, -0.2) is 9.59 Å². The second kappa shape index (κ2) is 18.8. The van der Waals surface area contributed by atoms with E-state index in [1.807, 2.05) is 0 Å². The van der Waals surface area contributed by atoms with Crippen LogP contribution in [-0.4, -0.2) is 77.9 Å². The van der Waals surface area contributed by atoms with Crippen LogP contribution in [0, 0.1) is 0 Å². The zero-order valence-electron chi connectivity index (χ0n) is 22.3. The number of ether oxygens (including phenoxy) is 6. The standard InChI is InChI=1S/2C12H14O5.C2H8N2/c2*1-15-9-6-8(4-5-11(13)14)7-10(16-2)12(9)17-3;3-1-2-4/h2*4-7H,1-3H3,(H,13,14);1-4H2/b2*5-4+;. The molecule has 0 aromatic heterocycles. The van der Waals surface area contributed by atoms with Gasteiger partial charge in [0.1, 0.15) is 0 Å². The molecule has 0 aliphatic carbocycles. The fourth-order valence-electron chi connectivity index (χ4n) is 2.73. The van der Waals surface area contributed by atoms with Crippen LogP contribution in [-0.2, 0) is 9.59 Å². The molecule has 0 amide bonds. The second-order valence-corrected chi connectivity index (χ2v) is 6.84. The molecular formula is C26H36N2O10. The Morgan fingerprint density at radius 1 is 0.605 bits per heavy atom. The van der Waals surface area contributed by atoms with Crippen molar-refractivity contribution in [2.75, 3.05) is 55.7 Å². The van der Waals surface area contributed by atoms with E-state index in [1.165, 1.54) is 54.8 Å². The van der Waals surface area contributed by atoms with Gasteiger partial charge in [0, 0.05) is 25.2 Å². The second-order valence-electron chi connectivity index (χ2n) is 6.84. The van der Waals surface area contributed by atoms with Gasteiger partial charge in [-0.2, -0.15) is 0 Å². The summed E-state index contributed by atoms with van der Waals surface area (Å²) in [5.74, 6) is 0.852. The molecular weight excluding hydrogens is 500 g/mol. The number of hydrogen-bond donors (Lipinski definition) is 4. The number of methoxy groups -OCH3 is 6. The van der Waals surface area contributed by atoms with Gasteiger partial charge >= 0.3 is 11.9 Å². The van der Waals surface area contributed by atoms with Crippen LogP contribution in [0.1, 0.15) is 11.1 Å². The third kappa shape index (κ3) is 11.5. The maximum absolute atomic E-state index is 10.4. The Morgan fingerprint density at radius 3 is 1.03 bits per heavy atom. The number of rotatable bonds is 11. The zero-order chi connectivity index (χ0) is 29.1. The van der Waals surface area contributed by atoms with E-state index in [1.54, 1.807) is 24.3 Å². The first-order chi connectivity index (χ1) is 18.1. The van der Waals surface area contributed by atoms with Crippen LogP contribution in [0.5, 0.6) is 34.5 Å². The first-order valence-electron chi connectivity index (χ1n) is 11.0. The number of aliphatic carboxylic acids is 2. The van der Waals surface area contributed by atoms with Crippen LogP contribution < -0.4 is 39.9 Å². The maximum atomic E-state index is 10.4. The average Bonchev–Trinajstić information content (AvgIpc) is 2.93. The van der Waals surface area contributed by atoms with Gasteiger partial charge in [0.25, 0.3) is 0 Å². The van der Waals surface area contributed by atoms with Gasteiger partial charge in [-0.05, 0) is 47.5 Å². The van der Waals surface area contributed by atoms with Crippen molar-refractivity contribution in [2.24, 2.45) is 11.5 Å². The minimum atomic E-state index is -1.02. The molecule has 0 atom stereocenters. The van der Waals surface area contributed by atoms with Gasteiger partial charge in [-0.3, -0.25) is 0 Å². The van der Waals surface area contributed by atoms with Crippen molar-refractivity contribution in [1.82, 2.24) is 0 Å². The Labute approximate surface area is 222 Å². The number of nitrogens with two attached hydrogens (primary N) is 2. The molecule has 12 nitrogen and oxygen atoms in total. The van der Waals surface area contributed by atoms with Crippen molar-refractivity contribution in [3.8, 4) is 34.5 Å². The number of carbonyl (C=O) groups is 2. The van der Waals surface area contributed by atoms with E-state index in [4.69, 9.17) is 50.1 Å². The number of benzene rings is 2. The summed E-state index contributed by atoms with van der Waals surface area (Å²) in [5, 5.41) is 17.1. The normalized spacial score (nSPS) is 10.0. The summed E-state index contributed by atoms with van der Waals surface area (Å²) < 4.78 is 30.9. The molecule has 0 saturated carbocycles. The molecule has 2 aromatic rings. The highest BCUT2D eigenvalue weighted by Crippen LogP contribution is 2.39. The first kappa shape index (κ1) is 33.6. The molecule has 0 radical (unpaired) electrons. The number of carboxylic acids is 2. The van der Waals surface area contributed by atoms with E-state index in [9.17, 15) is 9.59 Å². The van der Waals surface area contributed by atoms with E-state index >= 15 is 0 Å². The molecule has 2 aromatic carbocycles. The molecule has 38 heavy (non-hydrogen) atoms. The quantitative estimate of drug-likeness (QED) is 0.308. The minimum absolute atomic E-state index is 0.475. The summed E-state index contributed by atoms with van der Waals surface area (Å²) in [7, 11) is 9.02. The fraction of sp³-hybridized carbons (Fsp3) is 0.308. The summed E-state index contributed by atoms with van der Waals surface area (Å²) in [6.45, 7) is 1.19. The SMILES string of the molecule is COc1cc(/C=C/C(=O)O)cc(OC)c1OC.COc1cc(/C=C/C(=O)O)cc(OC)c1OC.NCCN. The largest absolute Gasteiger partial charge is 0.493 e. The Kier molecular flexibility index (Phi) is 16.6. The van der Waals surface area contributed by atoms with Crippen molar-refractivity contribution in [3.05, 3.63) is 47.5 Å². The summed E-state index contributed by atoms with van der Waals surface area (Å²) in [4.78, 5) is 20.9. The van der Waals surface area contributed by atoms with Crippen molar-refractivity contribution in [2.45, 2.75) is 0 Å². The number of carboxylic acid groups (broad SMARTS) is 2. The molecule has 0 fully saturated rings. The lowest BCUT2D eigenvalue weighted by Gasteiger charge is -2.12. The maximum Gasteiger partial charge on any atom is 0.328 e. The fourth-order valence-corrected chi connectivity index (χ4v) is 2.73.